The summed E-state index contributed by atoms with van der Waals surface area (Å²) in [6.07, 6.45) is 2.80. The van der Waals surface area contributed by atoms with E-state index in [-0.39, 0.29) is 35.5 Å². The van der Waals surface area contributed by atoms with Gasteiger partial charge in [0.05, 0.1) is 30.1 Å². The van der Waals surface area contributed by atoms with E-state index in [1.807, 2.05) is 7.05 Å². The van der Waals surface area contributed by atoms with E-state index in [0.717, 1.165) is 0 Å². The van der Waals surface area contributed by atoms with Crippen molar-refractivity contribution in [3.63, 3.8) is 0 Å². The number of piperazine rings is 1. The summed E-state index contributed by atoms with van der Waals surface area (Å²) in [4.78, 5) is 40.0. The van der Waals surface area contributed by atoms with Crippen LogP contribution in [0.1, 0.15) is 11.6 Å². The second-order valence-corrected chi connectivity index (χ2v) is 9.64. The highest BCUT2D eigenvalue weighted by atomic mass is 19.1. The quantitative estimate of drug-likeness (QED) is 0.0918. The van der Waals surface area contributed by atoms with E-state index in [1.54, 1.807) is 4.90 Å². The van der Waals surface area contributed by atoms with E-state index in [0.29, 0.717) is 31.9 Å². The molecule has 0 bridgehead atoms. The molecule has 1 saturated heterocycles. The zero-order chi connectivity index (χ0) is 30.0. The van der Waals surface area contributed by atoms with Crippen molar-refractivity contribution in [2.45, 2.75) is 12.1 Å². The molecule has 0 spiro atoms. The number of hydrogen-bond donors (Lipinski definition) is 6. The first-order valence-corrected chi connectivity index (χ1v) is 12.7. The number of aromatic nitrogens is 2. The Labute approximate surface area is 237 Å². The Hall–Kier alpha value is -5.16. The van der Waals surface area contributed by atoms with Gasteiger partial charge in [0, 0.05) is 38.3 Å². The van der Waals surface area contributed by atoms with E-state index in [4.69, 9.17) is 9.25 Å². The monoisotopic (exact) mass is 586 g/mol. The highest BCUT2D eigenvalue weighted by Gasteiger charge is 2.34. The van der Waals surface area contributed by atoms with Gasteiger partial charge in [0.2, 0.25) is 5.82 Å². The predicted octanol–water partition coefficient (Wildman–Crippen LogP) is 2.15. The van der Waals surface area contributed by atoms with Crippen LogP contribution in [0.5, 0.6) is 11.5 Å². The number of hydrogen-bond acceptors (Lipinski definition) is 14. The van der Waals surface area contributed by atoms with Gasteiger partial charge in [0.15, 0.2) is 29.0 Å². The number of furan rings is 1. The van der Waals surface area contributed by atoms with Gasteiger partial charge in [-0.15, -0.1) is 0 Å². The first kappa shape index (κ1) is 28.4. The molecule has 17 heteroatoms. The first-order chi connectivity index (χ1) is 20.1. The lowest BCUT2D eigenvalue weighted by Gasteiger charge is -2.34. The van der Waals surface area contributed by atoms with Crippen LogP contribution in [0.3, 0.4) is 0 Å². The number of aromatic hydroxyl groups is 2. The largest absolute Gasteiger partial charge is 0.504 e. The third-order valence-electron chi connectivity index (χ3n) is 6.71. The number of nitro groups is 1. The lowest BCUT2D eigenvalue weighted by Crippen LogP contribution is -2.50. The zero-order valence-corrected chi connectivity index (χ0v) is 22.2. The number of anilines is 4. The Morgan fingerprint density at radius 3 is 2.52 bits per heavy atom. The summed E-state index contributed by atoms with van der Waals surface area (Å²) in [7, 11) is 1.95. The Morgan fingerprint density at radius 1 is 1.19 bits per heavy atom. The molecule has 2 atom stereocenters. The normalized spacial score (nSPS) is 18.8. The summed E-state index contributed by atoms with van der Waals surface area (Å²) in [5.74, 6) is -3.36. The Kier molecular flexibility index (Phi) is 7.94. The number of likely N-dealkylation sites (N-methyl/N-ethyl adjacent to an activating group) is 1. The maximum atomic E-state index is 15.6. The number of nitrogens with one attached hydrogen (secondary N) is 3. The molecule has 16 nitrogen and oxygen atoms in total. The van der Waals surface area contributed by atoms with Crippen molar-refractivity contribution in [3.8, 4) is 11.5 Å². The fraction of sp³-hybridized carbons (Fsp3) is 0.320. The van der Waals surface area contributed by atoms with Gasteiger partial charge in [0.1, 0.15) is 16.7 Å². The number of carboxylic acid groups (broad SMARTS) is 1. The smallest absolute Gasteiger partial charge is 0.433 e. The average molecular weight is 587 g/mol. The fourth-order valence-corrected chi connectivity index (χ4v) is 4.45. The number of benzene rings is 1. The lowest BCUT2D eigenvalue weighted by molar-refractivity contribution is -0.402. The van der Waals surface area contributed by atoms with Crippen LogP contribution in [0.15, 0.2) is 28.7 Å². The molecule has 2 aromatic heterocycles. The summed E-state index contributed by atoms with van der Waals surface area (Å²) < 4.78 is 20.7. The van der Waals surface area contributed by atoms with Crippen LogP contribution in [0.25, 0.3) is 12.2 Å². The van der Waals surface area contributed by atoms with Crippen LogP contribution < -0.4 is 21.0 Å². The second kappa shape index (κ2) is 11.8. The number of phenols is 2. The van der Waals surface area contributed by atoms with E-state index in [1.165, 1.54) is 36.4 Å². The molecule has 0 amide bonds. The van der Waals surface area contributed by atoms with E-state index < -0.39 is 46.2 Å². The number of aliphatic carboxylic acids is 1. The summed E-state index contributed by atoms with van der Waals surface area (Å²) >= 11 is 0. The molecule has 42 heavy (non-hydrogen) atoms. The first-order valence-electron chi connectivity index (χ1n) is 12.7. The third-order valence-corrected chi connectivity index (χ3v) is 6.71. The van der Waals surface area contributed by atoms with Gasteiger partial charge < -0.3 is 40.2 Å². The van der Waals surface area contributed by atoms with Crippen molar-refractivity contribution in [2.24, 2.45) is 0 Å². The Morgan fingerprint density at radius 2 is 1.88 bits per heavy atom. The van der Waals surface area contributed by atoms with Gasteiger partial charge >= 0.3 is 11.9 Å². The van der Waals surface area contributed by atoms with Crippen molar-refractivity contribution in [1.29, 1.82) is 0 Å². The van der Waals surface area contributed by atoms with Crippen LogP contribution in [0.2, 0.25) is 0 Å². The van der Waals surface area contributed by atoms with Crippen molar-refractivity contribution < 1.29 is 38.7 Å². The third kappa shape index (κ3) is 6.11. The second-order valence-electron chi connectivity index (χ2n) is 9.64. The Balaban J connectivity index is 1.36. The minimum Gasteiger partial charge on any atom is -0.504 e. The number of carboxylic acids is 1. The minimum atomic E-state index is -1.22. The highest BCUT2D eigenvalue weighted by Crippen LogP contribution is 2.38. The average Bonchev–Trinajstić information content (AvgIpc) is 3.44. The van der Waals surface area contributed by atoms with E-state index >= 15 is 4.39 Å². The van der Waals surface area contributed by atoms with E-state index in [2.05, 4.69) is 31.0 Å². The minimum absolute atomic E-state index is 0.0133. The van der Waals surface area contributed by atoms with Gasteiger partial charge in [-0.25, -0.2) is 20.2 Å². The fourth-order valence-electron chi connectivity index (χ4n) is 4.45. The molecule has 3 aromatic rings. The van der Waals surface area contributed by atoms with Gasteiger partial charge in [-0.05, 0) is 25.3 Å². The molecule has 5 rings (SSSR count). The lowest BCUT2D eigenvalue weighted by atomic mass is 10.0. The number of fused-ring (bicyclic) bond motifs is 1. The number of halogens is 1. The topological polar surface area (TPSA) is 212 Å². The number of carbonyl (C=O) groups is 1. The molecule has 0 saturated carbocycles. The van der Waals surface area contributed by atoms with E-state index in [9.17, 15) is 30.2 Å². The summed E-state index contributed by atoms with van der Waals surface area (Å²) in [5, 5.41) is 45.9. The van der Waals surface area contributed by atoms with Crippen LogP contribution in [0.4, 0.5) is 33.3 Å². The molecule has 4 heterocycles. The summed E-state index contributed by atoms with van der Waals surface area (Å²) in [6, 6.07) is 2.93. The predicted molar refractivity (Wildman–Crippen MR) is 148 cm³/mol. The van der Waals surface area contributed by atoms with Gasteiger partial charge in [-0.3, -0.25) is 15.0 Å². The van der Waals surface area contributed by atoms with Gasteiger partial charge in [-0.1, -0.05) is 0 Å². The molecule has 6 N–H and O–H groups in total. The molecule has 0 radical (unpaired) electrons. The maximum absolute atomic E-state index is 15.6. The van der Waals surface area contributed by atoms with Gasteiger partial charge in [-0.2, -0.15) is 4.39 Å². The number of phenolic OH excluding ortho intramolecular Hbond substituents is 2. The molecule has 2 unspecified atom stereocenters. The van der Waals surface area contributed by atoms with Gasteiger partial charge in [0.25, 0.3) is 0 Å². The molecule has 0 aliphatic carbocycles. The molecule has 2 aliphatic rings. The van der Waals surface area contributed by atoms with Crippen molar-refractivity contribution >= 4 is 47.0 Å². The highest BCUT2D eigenvalue weighted by molar-refractivity contribution is 5.86. The standard InChI is InChI=1S/C25H27FN8O8/c1-32-6-8-33(9-7-32)24-21(26)23(29-19(30-24)4-2-13-3-5-20(42-13)34(39)40)31-41-12-16-22(25(37)38)28-15-11-18(36)17(35)10-14(15)27-16/h2-5,10-11,16,22,27-28,35-36H,6-9,12H2,1H3,(H,37,38)(H,29,30,31)/b4-2+. The number of nitrogens with zero attached hydrogens (tertiary/aromatic N) is 5. The maximum Gasteiger partial charge on any atom is 0.433 e. The van der Waals surface area contributed by atoms with Crippen LogP contribution in [-0.4, -0.2) is 93.0 Å². The molecule has 1 fully saturated rings. The molecular formula is C25H27FN8O8. The summed E-state index contributed by atoms with van der Waals surface area (Å²) in [6.45, 7) is 2.06. The molecule has 2 aliphatic heterocycles. The molecule has 1 aromatic carbocycles. The van der Waals surface area contributed by atoms with Crippen LogP contribution in [0, 0.1) is 15.9 Å². The van der Waals surface area contributed by atoms with Crippen LogP contribution >= 0.6 is 0 Å². The van der Waals surface area contributed by atoms with Crippen molar-refractivity contribution in [3.05, 3.63) is 51.8 Å². The van der Waals surface area contributed by atoms with Crippen LogP contribution in [-0.2, 0) is 9.63 Å². The van der Waals surface area contributed by atoms with Crippen molar-refractivity contribution in [1.82, 2.24) is 14.9 Å². The summed E-state index contributed by atoms with van der Waals surface area (Å²) in [5.41, 5.74) is 3.04. The number of rotatable bonds is 9. The molecular weight excluding hydrogens is 559 g/mol. The Bertz CT molecular complexity index is 1520. The zero-order valence-electron chi connectivity index (χ0n) is 22.2. The SMILES string of the molecule is CN1CCN(c2nc(/C=C/c3ccc([N+](=O)[O-])o3)nc(NOCC3Nc4cc(O)c(O)cc4NC3C(=O)O)c2F)CC1. The van der Waals surface area contributed by atoms with Crippen molar-refractivity contribution in [2.75, 3.05) is 60.8 Å². The molecule has 222 valence electrons.